The number of hydrogen-bond donors (Lipinski definition) is 2. The molecular weight excluding hydrogens is 380 g/mol. The van der Waals surface area contributed by atoms with Crippen molar-refractivity contribution in [1.82, 2.24) is 5.32 Å². The Morgan fingerprint density at radius 3 is 2.23 bits per heavy atom. The highest BCUT2D eigenvalue weighted by Crippen LogP contribution is 2.21. The molecule has 0 heterocycles. The fourth-order valence-corrected chi connectivity index (χ4v) is 3.33. The van der Waals surface area contributed by atoms with Crippen molar-refractivity contribution in [1.29, 1.82) is 0 Å². The smallest absolute Gasteiger partial charge is 0.325 e. The van der Waals surface area contributed by atoms with Crippen LogP contribution in [0.3, 0.4) is 0 Å². The zero-order valence-electron chi connectivity index (χ0n) is 17.2. The number of esters is 1. The van der Waals surface area contributed by atoms with E-state index in [1.807, 2.05) is 63.2 Å². The minimum atomic E-state index is -0.684. The van der Waals surface area contributed by atoms with E-state index in [9.17, 15) is 14.4 Å². The normalized spacial score (nSPS) is 10.5. The molecule has 3 rings (SSSR count). The lowest BCUT2D eigenvalue weighted by Crippen LogP contribution is -2.32. The molecule has 3 aromatic rings. The van der Waals surface area contributed by atoms with Gasteiger partial charge in [0.05, 0.1) is 0 Å². The number of aryl methyl sites for hydroxylation is 3. The molecular formula is C24H24N2O4. The topological polar surface area (TPSA) is 84.5 Å². The van der Waals surface area contributed by atoms with Crippen LogP contribution < -0.4 is 10.6 Å². The molecule has 0 radical (unpaired) electrons. The van der Waals surface area contributed by atoms with Gasteiger partial charge < -0.3 is 15.4 Å². The quantitative estimate of drug-likeness (QED) is 0.614. The number of carbonyl (C=O) groups excluding carboxylic acids is 3. The molecule has 0 aromatic heterocycles. The summed E-state index contributed by atoms with van der Waals surface area (Å²) in [5, 5.41) is 7.24. The lowest BCUT2D eigenvalue weighted by atomic mass is 10.1. The second kappa shape index (κ2) is 9.22. The maximum Gasteiger partial charge on any atom is 0.325 e. The summed E-state index contributed by atoms with van der Waals surface area (Å²) < 4.78 is 4.97. The monoisotopic (exact) mass is 404 g/mol. The van der Waals surface area contributed by atoms with Crippen molar-refractivity contribution in [3.63, 3.8) is 0 Å². The van der Waals surface area contributed by atoms with Gasteiger partial charge in [-0.2, -0.15) is 0 Å². The first-order valence-electron chi connectivity index (χ1n) is 9.64. The highest BCUT2D eigenvalue weighted by molar-refractivity contribution is 6.00. The van der Waals surface area contributed by atoms with Gasteiger partial charge in [0, 0.05) is 11.3 Å². The molecule has 2 N–H and O–H groups in total. The average Bonchev–Trinajstić information content (AvgIpc) is 2.72. The van der Waals surface area contributed by atoms with Gasteiger partial charge in [-0.05, 0) is 54.8 Å². The Hall–Kier alpha value is -3.67. The number of fused-ring (bicyclic) bond motifs is 1. The Labute approximate surface area is 175 Å². The van der Waals surface area contributed by atoms with Crippen LogP contribution >= 0.6 is 0 Å². The predicted octanol–water partition coefficient (Wildman–Crippen LogP) is 3.68. The van der Waals surface area contributed by atoms with Gasteiger partial charge in [0.15, 0.2) is 6.61 Å². The Kier molecular flexibility index (Phi) is 6.47. The first kappa shape index (κ1) is 21.0. The van der Waals surface area contributed by atoms with Gasteiger partial charge in [0.1, 0.15) is 6.54 Å². The maximum atomic E-state index is 12.3. The van der Waals surface area contributed by atoms with Gasteiger partial charge in [-0.25, -0.2) is 0 Å². The number of rotatable bonds is 6. The van der Waals surface area contributed by atoms with Crippen molar-refractivity contribution in [2.45, 2.75) is 20.8 Å². The summed E-state index contributed by atoms with van der Waals surface area (Å²) in [7, 11) is 0. The van der Waals surface area contributed by atoms with E-state index in [2.05, 4.69) is 10.6 Å². The fourth-order valence-electron chi connectivity index (χ4n) is 3.33. The van der Waals surface area contributed by atoms with Crippen molar-refractivity contribution in [2.24, 2.45) is 0 Å². The molecule has 0 aliphatic carbocycles. The molecule has 6 nitrogen and oxygen atoms in total. The van der Waals surface area contributed by atoms with E-state index < -0.39 is 18.5 Å². The summed E-state index contributed by atoms with van der Waals surface area (Å²) in [6.07, 6.45) is 0. The van der Waals surface area contributed by atoms with Crippen LogP contribution in [0.2, 0.25) is 0 Å². The van der Waals surface area contributed by atoms with E-state index in [0.29, 0.717) is 11.3 Å². The van der Waals surface area contributed by atoms with E-state index in [-0.39, 0.29) is 12.5 Å². The Morgan fingerprint density at radius 1 is 0.867 bits per heavy atom. The lowest BCUT2D eigenvalue weighted by Gasteiger charge is -2.13. The molecule has 0 unspecified atom stereocenters. The van der Waals surface area contributed by atoms with Gasteiger partial charge >= 0.3 is 5.97 Å². The van der Waals surface area contributed by atoms with Gasteiger partial charge in [-0.15, -0.1) is 0 Å². The third-order valence-electron chi connectivity index (χ3n) is 4.71. The number of benzene rings is 3. The van der Waals surface area contributed by atoms with Gasteiger partial charge in [0.25, 0.3) is 11.8 Å². The van der Waals surface area contributed by atoms with E-state index in [1.54, 1.807) is 12.1 Å². The van der Waals surface area contributed by atoms with Crippen molar-refractivity contribution < 1.29 is 19.1 Å². The number of amides is 2. The Morgan fingerprint density at radius 2 is 1.53 bits per heavy atom. The molecule has 0 atom stereocenters. The molecule has 0 bridgehead atoms. The summed E-state index contributed by atoms with van der Waals surface area (Å²) >= 11 is 0. The van der Waals surface area contributed by atoms with E-state index in [4.69, 9.17) is 4.74 Å². The third kappa shape index (κ3) is 5.23. The van der Waals surface area contributed by atoms with E-state index >= 15 is 0 Å². The highest BCUT2D eigenvalue weighted by Gasteiger charge is 2.13. The van der Waals surface area contributed by atoms with Crippen molar-refractivity contribution in [3.05, 3.63) is 76.9 Å². The molecule has 0 saturated carbocycles. The average molecular weight is 404 g/mol. The molecule has 0 spiro atoms. The molecule has 6 heteroatoms. The number of carbonyl (C=O) groups is 3. The first-order valence-corrected chi connectivity index (χ1v) is 9.64. The number of hydrogen-bond acceptors (Lipinski definition) is 4. The minimum absolute atomic E-state index is 0.318. The van der Waals surface area contributed by atoms with Gasteiger partial charge in [0.2, 0.25) is 0 Å². The largest absolute Gasteiger partial charge is 0.454 e. The zero-order valence-corrected chi connectivity index (χ0v) is 17.2. The molecule has 3 aromatic carbocycles. The van der Waals surface area contributed by atoms with Crippen LogP contribution in [0.5, 0.6) is 0 Å². The Bertz CT molecular complexity index is 1100. The maximum absolute atomic E-state index is 12.3. The fraction of sp³-hybridized carbons (Fsp3) is 0.208. The van der Waals surface area contributed by atoms with Gasteiger partial charge in [-0.3, -0.25) is 14.4 Å². The molecule has 2 amide bonds. The van der Waals surface area contributed by atoms with Crippen LogP contribution in [0.15, 0.2) is 54.6 Å². The number of ether oxygens (including phenoxy) is 1. The predicted molar refractivity (Wildman–Crippen MR) is 117 cm³/mol. The lowest BCUT2D eigenvalue weighted by molar-refractivity contribution is -0.146. The molecule has 0 saturated heterocycles. The van der Waals surface area contributed by atoms with Crippen molar-refractivity contribution in [2.75, 3.05) is 18.5 Å². The van der Waals surface area contributed by atoms with Crippen LogP contribution in [-0.2, 0) is 14.3 Å². The van der Waals surface area contributed by atoms with Crippen LogP contribution in [0.1, 0.15) is 27.0 Å². The second-order valence-corrected chi connectivity index (χ2v) is 7.23. The number of anilines is 1. The van der Waals surface area contributed by atoms with E-state index in [0.717, 1.165) is 27.5 Å². The van der Waals surface area contributed by atoms with Crippen molar-refractivity contribution in [3.8, 4) is 0 Å². The van der Waals surface area contributed by atoms with Gasteiger partial charge in [-0.1, -0.05) is 48.0 Å². The summed E-state index contributed by atoms with van der Waals surface area (Å²) in [5.74, 6) is -1.50. The molecule has 0 fully saturated rings. The SMILES string of the molecule is Cc1cc(C)c(NC(=O)COC(=O)CNC(=O)c2ccc3ccccc3c2)c(C)c1. The highest BCUT2D eigenvalue weighted by atomic mass is 16.5. The second-order valence-electron chi connectivity index (χ2n) is 7.23. The molecule has 0 aliphatic heterocycles. The molecule has 30 heavy (non-hydrogen) atoms. The minimum Gasteiger partial charge on any atom is -0.454 e. The van der Waals surface area contributed by atoms with Crippen LogP contribution in [0.25, 0.3) is 10.8 Å². The first-order chi connectivity index (χ1) is 14.3. The van der Waals surface area contributed by atoms with Crippen LogP contribution in [0.4, 0.5) is 5.69 Å². The zero-order chi connectivity index (χ0) is 21.7. The van der Waals surface area contributed by atoms with Crippen molar-refractivity contribution >= 4 is 34.2 Å². The van der Waals surface area contributed by atoms with Crippen LogP contribution in [0, 0.1) is 20.8 Å². The third-order valence-corrected chi connectivity index (χ3v) is 4.71. The molecule has 0 aliphatic rings. The standard InChI is InChI=1S/C24H24N2O4/c1-15-10-16(2)23(17(3)11-15)26-21(27)14-30-22(28)13-25-24(29)20-9-8-18-6-4-5-7-19(18)12-20/h4-12H,13-14H2,1-3H3,(H,25,29)(H,26,27). The van der Waals surface area contributed by atoms with E-state index in [1.165, 1.54) is 0 Å². The Balaban J connectivity index is 1.48. The summed E-state index contributed by atoms with van der Waals surface area (Å²) in [5.41, 5.74) is 4.15. The summed E-state index contributed by atoms with van der Waals surface area (Å²) in [4.78, 5) is 36.3. The van der Waals surface area contributed by atoms with Crippen LogP contribution in [-0.4, -0.2) is 30.9 Å². The number of nitrogens with one attached hydrogen (secondary N) is 2. The summed E-state index contributed by atoms with van der Waals surface area (Å²) in [6, 6.07) is 16.9. The summed E-state index contributed by atoms with van der Waals surface area (Å²) in [6.45, 7) is 5.06. The molecule has 154 valence electrons.